The molecule has 2 amide bonds. The van der Waals surface area contributed by atoms with E-state index in [2.05, 4.69) is 37.4 Å². The van der Waals surface area contributed by atoms with E-state index in [-0.39, 0.29) is 17.6 Å². The molecule has 0 aliphatic carbocycles. The third kappa shape index (κ3) is 3.97. The fourth-order valence-corrected chi connectivity index (χ4v) is 2.98. The number of hydrogen-bond acceptors (Lipinski definition) is 2. The van der Waals surface area contributed by atoms with E-state index < -0.39 is 0 Å². The highest BCUT2D eigenvalue weighted by atomic mass is 16.3. The first kappa shape index (κ1) is 15.8. The minimum absolute atomic E-state index is 0.0435. The number of carbonyl (C=O) groups is 1. The van der Waals surface area contributed by atoms with Crippen LogP contribution < -0.4 is 10.2 Å². The number of hydrogen-bond donors (Lipinski definition) is 2. The van der Waals surface area contributed by atoms with Gasteiger partial charge in [-0.25, -0.2) is 4.79 Å². The van der Waals surface area contributed by atoms with Gasteiger partial charge >= 0.3 is 6.03 Å². The van der Waals surface area contributed by atoms with Crippen LogP contribution in [0, 0.1) is 12.3 Å². The number of nitrogens with one attached hydrogen (secondary N) is 1. The molecule has 1 aromatic rings. The van der Waals surface area contributed by atoms with Crippen LogP contribution in [0.25, 0.3) is 0 Å². The molecular formula is C17H26N2O2. The number of benzene rings is 1. The largest absolute Gasteiger partial charge is 0.393 e. The number of aryl methyl sites for hydroxylation is 1. The van der Waals surface area contributed by atoms with Gasteiger partial charge in [0.05, 0.1) is 6.10 Å². The zero-order valence-corrected chi connectivity index (χ0v) is 13.4. The lowest BCUT2D eigenvalue weighted by Crippen LogP contribution is -2.43. The molecule has 0 radical (unpaired) electrons. The molecule has 4 heteroatoms. The van der Waals surface area contributed by atoms with Crippen molar-refractivity contribution in [1.82, 2.24) is 5.32 Å². The summed E-state index contributed by atoms with van der Waals surface area (Å²) in [5.41, 5.74) is 3.32. The second-order valence-corrected chi connectivity index (χ2v) is 6.91. The van der Waals surface area contributed by atoms with Crippen molar-refractivity contribution in [2.75, 3.05) is 18.0 Å². The molecule has 21 heavy (non-hydrogen) atoms. The van der Waals surface area contributed by atoms with E-state index in [0.29, 0.717) is 13.0 Å². The highest BCUT2D eigenvalue weighted by molar-refractivity contribution is 5.94. The first-order chi connectivity index (χ1) is 9.78. The van der Waals surface area contributed by atoms with Gasteiger partial charge in [-0.2, -0.15) is 0 Å². The SMILES string of the molecule is Cc1ccc2c(c1)N(C(=O)NCC(C)(C)CC(C)O)CC2. The Hall–Kier alpha value is -1.55. The van der Waals surface area contributed by atoms with Crippen molar-refractivity contribution in [2.24, 2.45) is 5.41 Å². The number of amides is 2. The van der Waals surface area contributed by atoms with Crippen molar-refractivity contribution in [1.29, 1.82) is 0 Å². The van der Waals surface area contributed by atoms with Crippen LogP contribution >= 0.6 is 0 Å². The molecule has 0 saturated heterocycles. The molecule has 2 N–H and O–H groups in total. The fourth-order valence-electron chi connectivity index (χ4n) is 2.98. The molecule has 1 unspecified atom stereocenters. The highest BCUT2D eigenvalue weighted by Crippen LogP contribution is 2.29. The Morgan fingerprint density at radius 3 is 2.86 bits per heavy atom. The van der Waals surface area contributed by atoms with Crippen LogP contribution in [0.5, 0.6) is 0 Å². The summed E-state index contributed by atoms with van der Waals surface area (Å²) in [5, 5.41) is 12.5. The minimum Gasteiger partial charge on any atom is -0.393 e. The average Bonchev–Trinajstić information content (AvgIpc) is 2.77. The molecule has 1 aliphatic rings. The Bertz CT molecular complexity index is 524. The van der Waals surface area contributed by atoms with Crippen molar-refractivity contribution >= 4 is 11.7 Å². The summed E-state index contributed by atoms with van der Waals surface area (Å²) in [5.74, 6) is 0. The van der Waals surface area contributed by atoms with Gasteiger partial charge in [0.25, 0.3) is 0 Å². The molecule has 0 aromatic heterocycles. The molecule has 1 aromatic carbocycles. The van der Waals surface area contributed by atoms with Crippen molar-refractivity contribution in [3.63, 3.8) is 0 Å². The topological polar surface area (TPSA) is 52.6 Å². The number of rotatable bonds is 4. The van der Waals surface area contributed by atoms with Gasteiger partial charge in [-0.15, -0.1) is 0 Å². The summed E-state index contributed by atoms with van der Waals surface area (Å²) >= 11 is 0. The van der Waals surface area contributed by atoms with Crippen LogP contribution in [-0.4, -0.2) is 30.3 Å². The van der Waals surface area contributed by atoms with E-state index in [4.69, 9.17) is 0 Å². The normalized spacial score (nSPS) is 15.8. The summed E-state index contributed by atoms with van der Waals surface area (Å²) in [7, 11) is 0. The molecule has 4 nitrogen and oxygen atoms in total. The number of anilines is 1. The summed E-state index contributed by atoms with van der Waals surface area (Å²) < 4.78 is 0. The van der Waals surface area contributed by atoms with E-state index in [9.17, 15) is 9.90 Å². The molecule has 1 heterocycles. The zero-order valence-electron chi connectivity index (χ0n) is 13.4. The van der Waals surface area contributed by atoms with Crippen molar-refractivity contribution in [2.45, 2.75) is 46.6 Å². The van der Waals surface area contributed by atoms with Gasteiger partial charge in [0, 0.05) is 18.8 Å². The number of aliphatic hydroxyl groups excluding tert-OH is 1. The third-order valence-electron chi connectivity index (χ3n) is 3.95. The Balaban J connectivity index is 1.99. The van der Waals surface area contributed by atoms with Crippen LogP contribution in [0.15, 0.2) is 18.2 Å². The Labute approximate surface area is 127 Å². The van der Waals surface area contributed by atoms with Gasteiger partial charge in [0.2, 0.25) is 0 Å². The van der Waals surface area contributed by atoms with Gasteiger partial charge in [-0.05, 0) is 49.3 Å². The number of carbonyl (C=O) groups excluding carboxylic acids is 1. The molecule has 0 bridgehead atoms. The van der Waals surface area contributed by atoms with E-state index in [1.165, 1.54) is 11.1 Å². The summed E-state index contributed by atoms with van der Waals surface area (Å²) in [6, 6.07) is 6.22. The summed E-state index contributed by atoms with van der Waals surface area (Å²) in [6.07, 6.45) is 1.23. The molecule has 1 atom stereocenters. The second kappa shape index (κ2) is 6.06. The molecule has 2 rings (SSSR count). The van der Waals surface area contributed by atoms with E-state index in [0.717, 1.165) is 18.7 Å². The van der Waals surface area contributed by atoms with Gasteiger partial charge < -0.3 is 10.4 Å². The number of fused-ring (bicyclic) bond motifs is 1. The molecule has 0 spiro atoms. The Morgan fingerprint density at radius 1 is 1.48 bits per heavy atom. The monoisotopic (exact) mass is 290 g/mol. The molecule has 0 saturated carbocycles. The van der Waals surface area contributed by atoms with E-state index in [1.54, 1.807) is 6.92 Å². The first-order valence-electron chi connectivity index (χ1n) is 7.61. The summed E-state index contributed by atoms with van der Waals surface area (Å²) in [6.45, 7) is 9.24. The lowest BCUT2D eigenvalue weighted by Gasteiger charge is -2.28. The van der Waals surface area contributed by atoms with Crippen molar-refractivity contribution < 1.29 is 9.90 Å². The van der Waals surface area contributed by atoms with Gasteiger partial charge in [-0.1, -0.05) is 26.0 Å². The van der Waals surface area contributed by atoms with Gasteiger partial charge in [0.15, 0.2) is 0 Å². The van der Waals surface area contributed by atoms with Crippen LogP contribution in [0.3, 0.4) is 0 Å². The van der Waals surface area contributed by atoms with Gasteiger partial charge in [-0.3, -0.25) is 4.90 Å². The number of nitrogens with zero attached hydrogens (tertiary/aromatic N) is 1. The van der Waals surface area contributed by atoms with Crippen LogP contribution in [0.1, 0.15) is 38.3 Å². The molecule has 1 aliphatic heterocycles. The van der Waals surface area contributed by atoms with Crippen LogP contribution in [0.2, 0.25) is 0 Å². The zero-order chi connectivity index (χ0) is 15.6. The molecule has 0 fully saturated rings. The third-order valence-corrected chi connectivity index (χ3v) is 3.95. The van der Waals surface area contributed by atoms with Crippen molar-refractivity contribution in [3.05, 3.63) is 29.3 Å². The molecule has 116 valence electrons. The number of urea groups is 1. The lowest BCUT2D eigenvalue weighted by molar-refractivity contribution is 0.129. The predicted molar refractivity (Wildman–Crippen MR) is 85.7 cm³/mol. The Morgan fingerprint density at radius 2 is 2.19 bits per heavy atom. The van der Waals surface area contributed by atoms with E-state index >= 15 is 0 Å². The van der Waals surface area contributed by atoms with Crippen molar-refractivity contribution in [3.8, 4) is 0 Å². The number of aliphatic hydroxyl groups is 1. The highest BCUT2D eigenvalue weighted by Gasteiger charge is 2.27. The summed E-state index contributed by atoms with van der Waals surface area (Å²) in [4.78, 5) is 14.2. The lowest BCUT2D eigenvalue weighted by atomic mass is 9.87. The smallest absolute Gasteiger partial charge is 0.321 e. The predicted octanol–water partition coefficient (Wildman–Crippen LogP) is 2.86. The Kier molecular flexibility index (Phi) is 4.57. The maximum atomic E-state index is 12.4. The van der Waals surface area contributed by atoms with Crippen LogP contribution in [0.4, 0.5) is 10.5 Å². The molecular weight excluding hydrogens is 264 g/mol. The second-order valence-electron chi connectivity index (χ2n) is 6.91. The fraction of sp³-hybridized carbons (Fsp3) is 0.588. The van der Waals surface area contributed by atoms with Crippen LogP contribution in [-0.2, 0) is 6.42 Å². The average molecular weight is 290 g/mol. The maximum absolute atomic E-state index is 12.4. The van der Waals surface area contributed by atoms with E-state index in [1.807, 2.05) is 11.8 Å². The standard InChI is InChI=1S/C17H26N2O2/c1-12-5-6-14-7-8-19(15(14)9-12)16(21)18-11-17(3,4)10-13(2)20/h5-6,9,13,20H,7-8,10-11H2,1-4H3,(H,18,21). The quantitative estimate of drug-likeness (QED) is 0.896. The van der Waals surface area contributed by atoms with Gasteiger partial charge in [0.1, 0.15) is 0 Å². The maximum Gasteiger partial charge on any atom is 0.321 e. The minimum atomic E-state index is -0.355. The first-order valence-corrected chi connectivity index (χ1v) is 7.61.